The summed E-state index contributed by atoms with van der Waals surface area (Å²) in [6.07, 6.45) is 1.84. The quantitative estimate of drug-likeness (QED) is 0.823. The lowest BCUT2D eigenvalue weighted by molar-refractivity contribution is 0.333. The molecule has 0 N–H and O–H groups in total. The zero-order valence-electron chi connectivity index (χ0n) is 10.8. The van der Waals surface area contributed by atoms with Crippen LogP contribution < -0.4 is 0 Å². The summed E-state index contributed by atoms with van der Waals surface area (Å²) in [7, 11) is 3.82. The maximum atomic E-state index is 13.9. The second-order valence-corrected chi connectivity index (χ2v) is 4.53. The highest BCUT2D eigenvalue weighted by Crippen LogP contribution is 2.24. The van der Waals surface area contributed by atoms with Gasteiger partial charge in [-0.3, -0.25) is 0 Å². The first-order valence-corrected chi connectivity index (χ1v) is 5.90. The van der Waals surface area contributed by atoms with Gasteiger partial charge in [0.1, 0.15) is 17.7 Å². The molecule has 0 aliphatic rings. The molecule has 0 bridgehead atoms. The van der Waals surface area contributed by atoms with E-state index in [9.17, 15) is 8.78 Å². The Morgan fingerprint density at radius 1 is 1.32 bits per heavy atom. The summed E-state index contributed by atoms with van der Waals surface area (Å²) in [5.74, 6) is -0.950. The first kappa shape index (κ1) is 13.5. The van der Waals surface area contributed by atoms with E-state index in [2.05, 4.69) is 15.4 Å². The molecule has 102 valence electrons. The maximum absolute atomic E-state index is 13.9. The van der Waals surface area contributed by atoms with Gasteiger partial charge in [-0.25, -0.2) is 8.78 Å². The summed E-state index contributed by atoms with van der Waals surface area (Å²) in [5, 5.41) is 11.3. The molecule has 0 fully saturated rings. The lowest BCUT2D eigenvalue weighted by Gasteiger charge is -2.19. The smallest absolute Gasteiger partial charge is 0.162 e. The number of halogens is 2. The van der Waals surface area contributed by atoms with E-state index in [0.29, 0.717) is 13.0 Å². The standard InChI is InChI=1S/C12H15F2N5/c1-18(2)6-5-12(19-16-8-15-17-19)10-7-9(13)3-4-11(10)14/h3-4,7-8,12H,5-6H2,1-2H3. The topological polar surface area (TPSA) is 46.8 Å². The van der Waals surface area contributed by atoms with E-state index in [1.165, 1.54) is 17.2 Å². The van der Waals surface area contributed by atoms with Crippen LogP contribution in [0, 0.1) is 11.6 Å². The van der Waals surface area contributed by atoms with E-state index >= 15 is 0 Å². The van der Waals surface area contributed by atoms with Gasteiger partial charge in [-0.15, -0.1) is 10.2 Å². The Morgan fingerprint density at radius 2 is 2.11 bits per heavy atom. The normalized spacial score (nSPS) is 12.9. The highest BCUT2D eigenvalue weighted by atomic mass is 19.1. The largest absolute Gasteiger partial charge is 0.309 e. The van der Waals surface area contributed by atoms with Crippen LogP contribution in [0.4, 0.5) is 8.78 Å². The molecule has 1 aromatic carbocycles. The van der Waals surface area contributed by atoms with Gasteiger partial charge in [0.05, 0.1) is 0 Å². The van der Waals surface area contributed by atoms with Crippen LogP contribution >= 0.6 is 0 Å². The Kier molecular flexibility index (Phi) is 4.16. The van der Waals surface area contributed by atoms with Crippen LogP contribution in [0.5, 0.6) is 0 Å². The second-order valence-electron chi connectivity index (χ2n) is 4.53. The highest BCUT2D eigenvalue weighted by Gasteiger charge is 2.20. The summed E-state index contributed by atoms with van der Waals surface area (Å²) in [5.41, 5.74) is 0.236. The Labute approximate surface area is 109 Å². The van der Waals surface area contributed by atoms with Crippen molar-refractivity contribution in [1.29, 1.82) is 0 Å². The molecule has 1 heterocycles. The zero-order chi connectivity index (χ0) is 13.8. The van der Waals surface area contributed by atoms with Gasteiger partial charge >= 0.3 is 0 Å². The number of benzene rings is 1. The van der Waals surface area contributed by atoms with Crippen molar-refractivity contribution in [2.45, 2.75) is 12.5 Å². The highest BCUT2D eigenvalue weighted by molar-refractivity contribution is 5.22. The molecule has 0 spiro atoms. The van der Waals surface area contributed by atoms with E-state index in [0.717, 1.165) is 12.1 Å². The monoisotopic (exact) mass is 267 g/mol. The summed E-state index contributed by atoms with van der Waals surface area (Å²) in [6, 6.07) is 2.92. The second kappa shape index (κ2) is 5.83. The van der Waals surface area contributed by atoms with Crippen LogP contribution in [0.2, 0.25) is 0 Å². The molecule has 0 aliphatic carbocycles. The van der Waals surface area contributed by atoms with Crippen molar-refractivity contribution in [3.05, 3.63) is 41.7 Å². The van der Waals surface area contributed by atoms with Crippen molar-refractivity contribution in [2.75, 3.05) is 20.6 Å². The third-order valence-corrected chi connectivity index (χ3v) is 2.81. The number of aromatic nitrogens is 4. The molecule has 0 radical (unpaired) electrons. The third kappa shape index (κ3) is 3.31. The average Bonchev–Trinajstić information content (AvgIpc) is 2.87. The minimum atomic E-state index is -0.480. The number of rotatable bonds is 5. The van der Waals surface area contributed by atoms with Crippen molar-refractivity contribution in [3.63, 3.8) is 0 Å². The number of hydrogen-bond acceptors (Lipinski definition) is 4. The van der Waals surface area contributed by atoms with Crippen LogP contribution in [0.3, 0.4) is 0 Å². The zero-order valence-corrected chi connectivity index (χ0v) is 10.8. The maximum Gasteiger partial charge on any atom is 0.162 e. The fourth-order valence-corrected chi connectivity index (χ4v) is 1.86. The van der Waals surface area contributed by atoms with Crippen molar-refractivity contribution in [3.8, 4) is 0 Å². The SMILES string of the molecule is CN(C)CCC(c1cc(F)ccc1F)n1ncnn1. The molecule has 2 aromatic rings. The van der Waals surface area contributed by atoms with E-state index in [4.69, 9.17) is 0 Å². The van der Waals surface area contributed by atoms with E-state index in [-0.39, 0.29) is 5.56 Å². The van der Waals surface area contributed by atoms with Gasteiger partial charge in [-0.05, 0) is 50.5 Å². The molecule has 5 nitrogen and oxygen atoms in total. The molecule has 0 amide bonds. The van der Waals surface area contributed by atoms with Gasteiger partial charge in [-0.1, -0.05) is 0 Å². The molecule has 1 atom stereocenters. The number of tetrazole rings is 1. The lowest BCUT2D eigenvalue weighted by atomic mass is 10.0. The van der Waals surface area contributed by atoms with Crippen molar-refractivity contribution < 1.29 is 8.78 Å². The van der Waals surface area contributed by atoms with Crippen molar-refractivity contribution in [1.82, 2.24) is 25.1 Å². The van der Waals surface area contributed by atoms with Gasteiger partial charge in [-0.2, -0.15) is 4.80 Å². The average molecular weight is 267 g/mol. The summed E-state index contributed by atoms with van der Waals surface area (Å²) in [4.78, 5) is 3.27. The Balaban J connectivity index is 2.34. The van der Waals surface area contributed by atoms with Crippen molar-refractivity contribution in [2.24, 2.45) is 0 Å². The number of nitrogens with zero attached hydrogens (tertiary/aromatic N) is 5. The molecule has 19 heavy (non-hydrogen) atoms. The summed E-state index contributed by atoms with van der Waals surface area (Å²) in [6.45, 7) is 0.697. The molecule has 0 saturated heterocycles. The van der Waals surface area contributed by atoms with E-state index in [1.807, 2.05) is 19.0 Å². The summed E-state index contributed by atoms with van der Waals surface area (Å²) >= 11 is 0. The van der Waals surface area contributed by atoms with Crippen LogP contribution in [-0.4, -0.2) is 45.7 Å². The predicted octanol–water partition coefficient (Wildman–Crippen LogP) is 1.49. The molecule has 1 aromatic heterocycles. The first-order valence-electron chi connectivity index (χ1n) is 5.90. The number of hydrogen-bond donors (Lipinski definition) is 0. The molecule has 2 rings (SSSR count). The fraction of sp³-hybridized carbons (Fsp3) is 0.417. The van der Waals surface area contributed by atoms with Crippen molar-refractivity contribution >= 4 is 0 Å². The van der Waals surface area contributed by atoms with Gasteiger partial charge in [0, 0.05) is 5.56 Å². The van der Waals surface area contributed by atoms with Crippen LogP contribution in [0.1, 0.15) is 18.0 Å². The third-order valence-electron chi connectivity index (χ3n) is 2.81. The summed E-state index contributed by atoms with van der Waals surface area (Å²) < 4.78 is 27.2. The van der Waals surface area contributed by atoms with Gasteiger partial charge in [0.2, 0.25) is 0 Å². The van der Waals surface area contributed by atoms with Crippen LogP contribution in [-0.2, 0) is 0 Å². The van der Waals surface area contributed by atoms with Gasteiger partial charge in [0.25, 0.3) is 0 Å². The van der Waals surface area contributed by atoms with Crippen LogP contribution in [0.15, 0.2) is 24.5 Å². The molecule has 1 unspecified atom stereocenters. The van der Waals surface area contributed by atoms with Gasteiger partial charge in [0.15, 0.2) is 6.33 Å². The van der Waals surface area contributed by atoms with E-state index < -0.39 is 17.7 Å². The Hall–Kier alpha value is -1.89. The van der Waals surface area contributed by atoms with Gasteiger partial charge < -0.3 is 4.90 Å². The lowest BCUT2D eigenvalue weighted by Crippen LogP contribution is -2.22. The fourth-order valence-electron chi connectivity index (χ4n) is 1.86. The molecule has 0 saturated carbocycles. The minimum absolute atomic E-state index is 0.236. The molecule has 7 heteroatoms. The Bertz CT molecular complexity index is 527. The molecular weight excluding hydrogens is 252 g/mol. The van der Waals surface area contributed by atoms with Crippen LogP contribution in [0.25, 0.3) is 0 Å². The molecular formula is C12H15F2N5. The minimum Gasteiger partial charge on any atom is -0.309 e. The Morgan fingerprint density at radius 3 is 2.74 bits per heavy atom. The van der Waals surface area contributed by atoms with E-state index in [1.54, 1.807) is 0 Å². The first-order chi connectivity index (χ1) is 9.08. The predicted molar refractivity (Wildman–Crippen MR) is 65.5 cm³/mol. The molecule has 0 aliphatic heterocycles.